The molecule has 0 unspecified atom stereocenters. The van der Waals surface area contributed by atoms with E-state index in [-0.39, 0.29) is 0 Å². The van der Waals surface area contributed by atoms with Crippen LogP contribution >= 0.6 is 23.2 Å². The van der Waals surface area contributed by atoms with Crippen molar-refractivity contribution in [1.82, 2.24) is 15.2 Å². The Labute approximate surface area is 154 Å². The van der Waals surface area contributed by atoms with Crippen molar-refractivity contribution in [3.8, 4) is 0 Å². The molecule has 3 aromatic rings. The molecule has 0 spiro atoms. The molecule has 0 aliphatic carbocycles. The zero-order chi connectivity index (χ0) is 19.5. The van der Waals surface area contributed by atoms with Crippen LogP contribution in [-0.2, 0) is 4.79 Å². The summed E-state index contributed by atoms with van der Waals surface area (Å²) in [5.41, 5.74) is 3.37. The molecular weight excluding hydrogens is 396 g/mol. The molecule has 0 bridgehead atoms. The number of aliphatic carboxylic acids is 1. The number of fused-ring (bicyclic) bond motifs is 1. The first-order valence-corrected chi connectivity index (χ1v) is 7.67. The standard InChI is InChI=1S/C13H10Cl2N4.C2HF3O2/c1-7-2-3-11-12(16-7)13(19-18-11)17-10-5-8(14)4-9(15)6-10;3-2(4,5)1(6)7/h2-6H,1H3,(H2,17,18,19);(H,6,7). The maximum atomic E-state index is 10.6. The quantitative estimate of drug-likeness (QED) is 0.559. The van der Waals surface area contributed by atoms with Crippen LogP contribution in [0.15, 0.2) is 30.3 Å². The highest BCUT2D eigenvalue weighted by atomic mass is 35.5. The van der Waals surface area contributed by atoms with Crippen LogP contribution < -0.4 is 5.32 Å². The molecular formula is C15H11Cl2F3N4O2. The fraction of sp³-hybridized carbons (Fsp3) is 0.133. The summed E-state index contributed by atoms with van der Waals surface area (Å²) >= 11 is 11.9. The summed E-state index contributed by atoms with van der Waals surface area (Å²) in [4.78, 5) is 13.4. The van der Waals surface area contributed by atoms with Crippen molar-refractivity contribution in [3.63, 3.8) is 0 Å². The number of pyridine rings is 1. The van der Waals surface area contributed by atoms with Crippen LogP contribution in [0.3, 0.4) is 0 Å². The smallest absolute Gasteiger partial charge is 0.475 e. The number of hydrogen-bond donors (Lipinski definition) is 3. The summed E-state index contributed by atoms with van der Waals surface area (Å²) in [7, 11) is 0. The zero-order valence-electron chi connectivity index (χ0n) is 13.0. The highest BCUT2D eigenvalue weighted by molar-refractivity contribution is 6.35. The molecule has 0 saturated carbocycles. The first-order chi connectivity index (χ1) is 12.1. The van der Waals surface area contributed by atoms with Gasteiger partial charge in [-0.15, -0.1) is 0 Å². The molecule has 0 saturated heterocycles. The van der Waals surface area contributed by atoms with E-state index in [1.54, 1.807) is 18.2 Å². The average molecular weight is 407 g/mol. The average Bonchev–Trinajstić information content (AvgIpc) is 2.88. The number of nitrogens with one attached hydrogen (secondary N) is 2. The first-order valence-electron chi connectivity index (χ1n) is 6.91. The van der Waals surface area contributed by atoms with Crippen LogP contribution in [0, 0.1) is 6.92 Å². The molecule has 3 rings (SSSR count). The van der Waals surface area contributed by atoms with Crippen molar-refractivity contribution in [1.29, 1.82) is 0 Å². The van der Waals surface area contributed by atoms with Gasteiger partial charge in [-0.2, -0.15) is 18.3 Å². The van der Waals surface area contributed by atoms with Crippen molar-refractivity contribution in [3.05, 3.63) is 46.1 Å². The number of hydrogen-bond acceptors (Lipinski definition) is 4. The van der Waals surface area contributed by atoms with Crippen molar-refractivity contribution in [2.45, 2.75) is 13.1 Å². The molecule has 1 aromatic carbocycles. The second-order valence-electron chi connectivity index (χ2n) is 5.01. The molecule has 26 heavy (non-hydrogen) atoms. The van der Waals surface area contributed by atoms with Crippen molar-refractivity contribution >= 4 is 51.7 Å². The van der Waals surface area contributed by atoms with E-state index in [0.29, 0.717) is 15.9 Å². The molecule has 2 heterocycles. The molecule has 0 aliphatic heterocycles. The molecule has 3 N–H and O–H groups in total. The van der Waals surface area contributed by atoms with Crippen molar-refractivity contribution in [2.24, 2.45) is 0 Å². The number of H-pyrrole nitrogens is 1. The molecule has 0 radical (unpaired) electrons. The van der Waals surface area contributed by atoms with E-state index in [1.807, 2.05) is 19.1 Å². The summed E-state index contributed by atoms with van der Waals surface area (Å²) in [6.07, 6.45) is -5.08. The Bertz CT molecular complexity index is 924. The second-order valence-corrected chi connectivity index (χ2v) is 5.88. The lowest BCUT2D eigenvalue weighted by atomic mass is 10.3. The molecule has 0 fully saturated rings. The fourth-order valence-electron chi connectivity index (χ4n) is 1.85. The Balaban J connectivity index is 0.000000298. The molecule has 2 aromatic heterocycles. The van der Waals surface area contributed by atoms with E-state index < -0.39 is 12.1 Å². The first kappa shape index (κ1) is 19.8. The van der Waals surface area contributed by atoms with E-state index in [4.69, 9.17) is 33.1 Å². The Kier molecular flexibility index (Phi) is 5.94. The van der Waals surface area contributed by atoms with Gasteiger partial charge in [0.15, 0.2) is 5.82 Å². The molecule has 0 amide bonds. The van der Waals surface area contributed by atoms with Crippen LogP contribution in [-0.4, -0.2) is 32.4 Å². The Hall–Kier alpha value is -2.52. The van der Waals surface area contributed by atoms with E-state index in [9.17, 15) is 13.2 Å². The topological polar surface area (TPSA) is 90.9 Å². The third-order valence-electron chi connectivity index (χ3n) is 2.91. The van der Waals surface area contributed by atoms with E-state index in [1.165, 1.54) is 0 Å². The van der Waals surface area contributed by atoms with Crippen LogP contribution in [0.25, 0.3) is 11.0 Å². The van der Waals surface area contributed by atoms with Crippen LogP contribution in [0.4, 0.5) is 24.7 Å². The minimum Gasteiger partial charge on any atom is -0.475 e. The van der Waals surface area contributed by atoms with Gasteiger partial charge < -0.3 is 10.4 Å². The fourth-order valence-corrected chi connectivity index (χ4v) is 2.37. The predicted octanol–water partition coefficient (Wildman–Crippen LogP) is 4.95. The highest BCUT2D eigenvalue weighted by Gasteiger charge is 2.38. The van der Waals surface area contributed by atoms with Crippen LogP contribution in [0.5, 0.6) is 0 Å². The van der Waals surface area contributed by atoms with Crippen molar-refractivity contribution < 1.29 is 23.1 Å². The second kappa shape index (κ2) is 7.79. The number of alkyl halides is 3. The Morgan fingerprint density at radius 3 is 2.31 bits per heavy atom. The number of aromatic nitrogens is 3. The van der Waals surface area contributed by atoms with Gasteiger partial charge in [0.05, 0.1) is 5.52 Å². The number of rotatable bonds is 2. The molecule has 11 heteroatoms. The summed E-state index contributed by atoms with van der Waals surface area (Å²) in [5, 5.41) is 18.6. The van der Waals surface area contributed by atoms with Crippen molar-refractivity contribution in [2.75, 3.05) is 5.32 Å². The third-order valence-corrected chi connectivity index (χ3v) is 3.35. The Morgan fingerprint density at radius 2 is 1.77 bits per heavy atom. The summed E-state index contributed by atoms with van der Waals surface area (Å²) < 4.78 is 31.7. The summed E-state index contributed by atoms with van der Waals surface area (Å²) in [6.45, 7) is 1.94. The van der Waals surface area contributed by atoms with Gasteiger partial charge in [0, 0.05) is 21.4 Å². The minimum absolute atomic E-state index is 0.569. The van der Waals surface area contributed by atoms with Crippen LogP contribution in [0.1, 0.15) is 5.69 Å². The van der Waals surface area contributed by atoms with E-state index in [0.717, 1.165) is 22.4 Å². The molecule has 138 valence electrons. The molecule has 6 nitrogen and oxygen atoms in total. The number of halogens is 5. The minimum atomic E-state index is -5.08. The maximum absolute atomic E-state index is 10.6. The number of anilines is 2. The van der Waals surface area contributed by atoms with Gasteiger partial charge in [0.2, 0.25) is 0 Å². The molecule has 0 atom stereocenters. The van der Waals surface area contributed by atoms with E-state index in [2.05, 4.69) is 20.5 Å². The van der Waals surface area contributed by atoms with Gasteiger partial charge in [0.1, 0.15) is 5.52 Å². The number of benzene rings is 1. The normalized spacial score (nSPS) is 11.0. The zero-order valence-corrected chi connectivity index (χ0v) is 14.5. The SMILES string of the molecule is Cc1ccc2[nH]nc(Nc3cc(Cl)cc(Cl)c3)c2n1.O=C(O)C(F)(F)F. The summed E-state index contributed by atoms with van der Waals surface area (Å²) in [5.74, 6) is -2.11. The lowest BCUT2D eigenvalue weighted by Crippen LogP contribution is -2.21. The van der Waals surface area contributed by atoms with Gasteiger partial charge in [-0.25, -0.2) is 9.78 Å². The number of carboxylic acids is 1. The largest absolute Gasteiger partial charge is 0.490 e. The highest BCUT2D eigenvalue weighted by Crippen LogP contribution is 2.27. The van der Waals surface area contributed by atoms with Gasteiger partial charge in [0.25, 0.3) is 0 Å². The molecule has 0 aliphatic rings. The van der Waals surface area contributed by atoms with Crippen LogP contribution in [0.2, 0.25) is 10.0 Å². The number of aryl methyl sites for hydroxylation is 1. The number of carbonyl (C=O) groups is 1. The number of nitrogens with zero attached hydrogens (tertiary/aromatic N) is 2. The van der Waals surface area contributed by atoms with Gasteiger partial charge in [-0.05, 0) is 37.3 Å². The van der Waals surface area contributed by atoms with Gasteiger partial charge in [-0.3, -0.25) is 5.10 Å². The summed E-state index contributed by atoms with van der Waals surface area (Å²) in [6, 6.07) is 9.12. The lowest BCUT2D eigenvalue weighted by Gasteiger charge is -2.04. The monoisotopic (exact) mass is 406 g/mol. The predicted molar refractivity (Wildman–Crippen MR) is 92.1 cm³/mol. The maximum Gasteiger partial charge on any atom is 0.490 e. The van der Waals surface area contributed by atoms with Gasteiger partial charge >= 0.3 is 12.1 Å². The number of aromatic amines is 1. The number of carboxylic acid groups (broad SMARTS) is 1. The Morgan fingerprint density at radius 1 is 1.19 bits per heavy atom. The van der Waals surface area contributed by atoms with Gasteiger partial charge in [-0.1, -0.05) is 23.2 Å². The lowest BCUT2D eigenvalue weighted by molar-refractivity contribution is -0.192. The van der Waals surface area contributed by atoms with E-state index >= 15 is 0 Å². The third kappa shape index (κ3) is 5.24.